The van der Waals surface area contributed by atoms with Crippen LogP contribution in [-0.2, 0) is 16.1 Å². The maximum atomic E-state index is 13.0. The van der Waals surface area contributed by atoms with Crippen molar-refractivity contribution in [2.45, 2.75) is 45.2 Å². The van der Waals surface area contributed by atoms with Gasteiger partial charge in [-0.15, -0.1) is 0 Å². The molecule has 0 N–H and O–H groups in total. The average Bonchev–Trinajstić information content (AvgIpc) is 2.63. The second-order valence-electron chi connectivity index (χ2n) is 6.77. The number of rotatable bonds is 5. The van der Waals surface area contributed by atoms with Crippen LogP contribution in [0.3, 0.4) is 0 Å². The number of carbonyl (C=O) groups excluding carboxylic acids is 1. The summed E-state index contributed by atoms with van der Waals surface area (Å²) >= 11 is 0. The summed E-state index contributed by atoms with van der Waals surface area (Å²) in [6.45, 7) is 3.65. The maximum Gasteiger partial charge on any atom is 0.242 e. The third-order valence-corrected chi connectivity index (χ3v) is 5.12. The number of piperidine rings is 1. The summed E-state index contributed by atoms with van der Waals surface area (Å²) in [5, 5.41) is 0.662. The third kappa shape index (κ3) is 3.76. The van der Waals surface area contributed by atoms with E-state index in [9.17, 15) is 9.59 Å². The van der Waals surface area contributed by atoms with Gasteiger partial charge in [-0.2, -0.15) is 0 Å². The molecule has 0 spiro atoms. The molecule has 0 unspecified atom stereocenters. The van der Waals surface area contributed by atoms with Crippen LogP contribution in [0.15, 0.2) is 35.1 Å². The average molecular weight is 342 g/mol. The predicted octanol–water partition coefficient (Wildman–Crippen LogP) is 2.73. The van der Waals surface area contributed by atoms with Crippen LogP contribution in [0.1, 0.15) is 31.4 Å². The van der Waals surface area contributed by atoms with Crippen LogP contribution in [0, 0.1) is 6.92 Å². The summed E-state index contributed by atoms with van der Waals surface area (Å²) < 4.78 is 7.16. The summed E-state index contributed by atoms with van der Waals surface area (Å²) in [4.78, 5) is 27.2. The van der Waals surface area contributed by atoms with Crippen LogP contribution < -0.4 is 5.43 Å². The standard InChI is InChI=1S/C20H26N2O3/c1-15-13-19(23)17-8-3-4-9-18(17)22(15)14-20(24)21-11-6-5-7-16(21)10-12-25-2/h3-4,8-9,13,16H,5-7,10-12,14H2,1-2H3/t16-/m1/s1. The smallest absolute Gasteiger partial charge is 0.242 e. The highest BCUT2D eigenvalue weighted by molar-refractivity contribution is 5.83. The molecule has 3 rings (SSSR count). The summed E-state index contributed by atoms with van der Waals surface area (Å²) in [5.74, 6) is 0.123. The second kappa shape index (κ2) is 7.83. The quantitative estimate of drug-likeness (QED) is 0.839. The largest absolute Gasteiger partial charge is 0.385 e. The summed E-state index contributed by atoms with van der Waals surface area (Å²) in [6, 6.07) is 9.37. The van der Waals surface area contributed by atoms with Crippen molar-refractivity contribution in [3.8, 4) is 0 Å². The minimum atomic E-state index is 0.00717. The number of methoxy groups -OCH3 is 1. The molecule has 1 aliphatic rings. The van der Waals surface area contributed by atoms with Crippen LogP contribution in [-0.4, -0.2) is 41.7 Å². The Morgan fingerprint density at radius 1 is 1.28 bits per heavy atom. The van der Waals surface area contributed by atoms with Crippen molar-refractivity contribution >= 4 is 16.8 Å². The van der Waals surface area contributed by atoms with Gasteiger partial charge in [-0.05, 0) is 44.7 Å². The molecular weight excluding hydrogens is 316 g/mol. The van der Waals surface area contributed by atoms with Gasteiger partial charge < -0.3 is 14.2 Å². The Morgan fingerprint density at radius 3 is 2.88 bits per heavy atom. The lowest BCUT2D eigenvalue weighted by Crippen LogP contribution is -2.45. The van der Waals surface area contributed by atoms with Gasteiger partial charge in [0.2, 0.25) is 5.91 Å². The molecule has 2 aromatic rings. The molecule has 1 amide bonds. The minimum absolute atomic E-state index is 0.00717. The van der Waals surface area contributed by atoms with Crippen LogP contribution in [0.25, 0.3) is 10.9 Å². The maximum absolute atomic E-state index is 13.0. The molecule has 5 nitrogen and oxygen atoms in total. The number of likely N-dealkylation sites (tertiary alicyclic amines) is 1. The van der Waals surface area contributed by atoms with E-state index in [-0.39, 0.29) is 23.9 Å². The van der Waals surface area contributed by atoms with Crippen LogP contribution >= 0.6 is 0 Å². The Bertz CT molecular complexity index is 812. The van der Waals surface area contributed by atoms with Gasteiger partial charge >= 0.3 is 0 Å². The predicted molar refractivity (Wildman–Crippen MR) is 98.8 cm³/mol. The van der Waals surface area contributed by atoms with E-state index in [2.05, 4.69) is 0 Å². The molecule has 0 radical (unpaired) electrons. The molecular formula is C20H26N2O3. The fraction of sp³-hybridized carbons (Fsp3) is 0.500. The number of fused-ring (bicyclic) bond motifs is 1. The topological polar surface area (TPSA) is 51.5 Å². The van der Waals surface area contributed by atoms with E-state index in [1.807, 2.05) is 40.7 Å². The molecule has 2 heterocycles. The lowest BCUT2D eigenvalue weighted by atomic mass is 9.99. The molecule has 5 heteroatoms. The second-order valence-corrected chi connectivity index (χ2v) is 6.77. The molecule has 1 aromatic heterocycles. The number of amides is 1. The molecule has 1 fully saturated rings. The Kier molecular flexibility index (Phi) is 5.53. The van der Waals surface area contributed by atoms with E-state index >= 15 is 0 Å². The number of pyridine rings is 1. The van der Waals surface area contributed by atoms with E-state index in [1.165, 1.54) is 0 Å². The highest BCUT2D eigenvalue weighted by Crippen LogP contribution is 2.21. The number of nitrogens with zero attached hydrogens (tertiary/aromatic N) is 2. The first-order chi connectivity index (χ1) is 12.1. The number of hydrogen-bond donors (Lipinski definition) is 0. The zero-order valence-corrected chi connectivity index (χ0v) is 15.0. The summed E-state index contributed by atoms with van der Waals surface area (Å²) in [6.07, 6.45) is 4.14. The van der Waals surface area contributed by atoms with Crippen molar-refractivity contribution in [3.05, 3.63) is 46.2 Å². The van der Waals surface area contributed by atoms with Crippen LogP contribution in [0.2, 0.25) is 0 Å². The van der Waals surface area contributed by atoms with Crippen molar-refractivity contribution in [2.24, 2.45) is 0 Å². The molecule has 1 saturated heterocycles. The molecule has 0 bridgehead atoms. The molecule has 0 aliphatic carbocycles. The fourth-order valence-electron chi connectivity index (χ4n) is 3.77. The number of aromatic nitrogens is 1. The number of benzene rings is 1. The van der Waals surface area contributed by atoms with E-state index in [0.29, 0.717) is 12.0 Å². The zero-order chi connectivity index (χ0) is 17.8. The fourth-order valence-corrected chi connectivity index (χ4v) is 3.77. The number of carbonyl (C=O) groups is 1. The highest BCUT2D eigenvalue weighted by atomic mass is 16.5. The normalized spacial score (nSPS) is 17.8. The third-order valence-electron chi connectivity index (χ3n) is 5.12. The Labute approximate surface area is 148 Å². The van der Waals surface area contributed by atoms with Crippen molar-refractivity contribution in [3.63, 3.8) is 0 Å². The first-order valence-corrected chi connectivity index (χ1v) is 8.99. The molecule has 1 atom stereocenters. The van der Waals surface area contributed by atoms with Crippen molar-refractivity contribution in [1.29, 1.82) is 0 Å². The minimum Gasteiger partial charge on any atom is -0.385 e. The van der Waals surface area contributed by atoms with E-state index in [1.54, 1.807) is 13.2 Å². The van der Waals surface area contributed by atoms with Crippen molar-refractivity contribution < 1.29 is 9.53 Å². The number of aryl methyl sites for hydroxylation is 1. The molecule has 1 aromatic carbocycles. The van der Waals surface area contributed by atoms with Gasteiger partial charge in [0, 0.05) is 43.4 Å². The molecule has 25 heavy (non-hydrogen) atoms. The Balaban J connectivity index is 1.87. The Hall–Kier alpha value is -2.14. The Morgan fingerprint density at radius 2 is 2.08 bits per heavy atom. The van der Waals surface area contributed by atoms with Gasteiger partial charge in [-0.3, -0.25) is 9.59 Å². The first-order valence-electron chi connectivity index (χ1n) is 8.99. The van der Waals surface area contributed by atoms with Crippen LogP contribution in [0.4, 0.5) is 0 Å². The summed E-state index contributed by atoms with van der Waals surface area (Å²) in [7, 11) is 1.70. The van der Waals surface area contributed by atoms with E-state index < -0.39 is 0 Å². The highest BCUT2D eigenvalue weighted by Gasteiger charge is 2.26. The SMILES string of the molecule is COCC[C@H]1CCCCN1C(=O)Cn1c(C)cc(=O)c2ccccc21. The van der Waals surface area contributed by atoms with Crippen molar-refractivity contribution in [2.75, 3.05) is 20.3 Å². The van der Waals surface area contributed by atoms with Crippen LogP contribution in [0.5, 0.6) is 0 Å². The molecule has 134 valence electrons. The van der Waals surface area contributed by atoms with E-state index in [0.717, 1.165) is 43.4 Å². The number of para-hydroxylation sites is 1. The first kappa shape index (κ1) is 17.7. The van der Waals surface area contributed by atoms with Gasteiger partial charge in [-0.1, -0.05) is 12.1 Å². The molecule has 0 saturated carbocycles. The number of hydrogen-bond acceptors (Lipinski definition) is 3. The lowest BCUT2D eigenvalue weighted by Gasteiger charge is -2.36. The molecule has 1 aliphatic heterocycles. The van der Waals surface area contributed by atoms with Gasteiger partial charge in [0.1, 0.15) is 6.54 Å². The monoisotopic (exact) mass is 342 g/mol. The summed E-state index contributed by atoms with van der Waals surface area (Å²) in [5.41, 5.74) is 1.65. The number of ether oxygens (including phenoxy) is 1. The van der Waals surface area contributed by atoms with Gasteiger partial charge in [0.05, 0.1) is 5.52 Å². The van der Waals surface area contributed by atoms with Gasteiger partial charge in [0.25, 0.3) is 0 Å². The van der Waals surface area contributed by atoms with Gasteiger partial charge in [-0.25, -0.2) is 0 Å². The zero-order valence-electron chi connectivity index (χ0n) is 15.0. The van der Waals surface area contributed by atoms with Gasteiger partial charge in [0.15, 0.2) is 5.43 Å². The van der Waals surface area contributed by atoms with E-state index in [4.69, 9.17) is 4.74 Å². The van der Waals surface area contributed by atoms with Crippen molar-refractivity contribution in [1.82, 2.24) is 9.47 Å². The lowest BCUT2D eigenvalue weighted by molar-refractivity contribution is -0.135.